The number of rotatable bonds is 4. The second-order valence-corrected chi connectivity index (χ2v) is 6.78. The minimum Gasteiger partial charge on any atom is -0.326 e. The highest BCUT2D eigenvalue weighted by atomic mass is 19.1. The Morgan fingerprint density at radius 1 is 1.10 bits per heavy atom. The van der Waals surface area contributed by atoms with E-state index in [-0.39, 0.29) is 18.3 Å². The molecule has 0 bridgehead atoms. The number of para-hydroxylation sites is 1. The molecule has 1 unspecified atom stereocenters. The van der Waals surface area contributed by atoms with Crippen LogP contribution in [0.4, 0.5) is 15.8 Å². The molecule has 2 aliphatic heterocycles. The molecule has 1 fully saturated rings. The molecule has 9 heteroatoms. The summed E-state index contributed by atoms with van der Waals surface area (Å²) >= 11 is 0. The molecule has 29 heavy (non-hydrogen) atoms. The van der Waals surface area contributed by atoms with E-state index >= 15 is 0 Å². The Labute approximate surface area is 166 Å². The second kappa shape index (κ2) is 7.42. The van der Waals surface area contributed by atoms with Crippen LogP contribution in [-0.2, 0) is 14.4 Å². The number of anilines is 2. The molecule has 2 heterocycles. The van der Waals surface area contributed by atoms with Crippen molar-refractivity contribution < 1.29 is 23.5 Å². The van der Waals surface area contributed by atoms with E-state index in [4.69, 9.17) is 0 Å². The number of azo groups is 2. The van der Waals surface area contributed by atoms with Crippen LogP contribution in [0.25, 0.3) is 0 Å². The average Bonchev–Trinajstić information content (AvgIpc) is 3.16. The molecule has 0 radical (unpaired) electrons. The summed E-state index contributed by atoms with van der Waals surface area (Å²) in [6.45, 7) is 0.421. The van der Waals surface area contributed by atoms with E-state index in [0.717, 1.165) is 4.70 Å². The van der Waals surface area contributed by atoms with Gasteiger partial charge in [-0.1, -0.05) is 18.2 Å². The number of carbonyl (C=O) groups is 3. The third kappa shape index (κ3) is 3.46. The molecule has 3 amide bonds. The van der Waals surface area contributed by atoms with Crippen LogP contribution in [0.5, 0.6) is 0 Å². The molecule has 8 nitrogen and oxygen atoms in total. The van der Waals surface area contributed by atoms with E-state index in [1.54, 1.807) is 48.3 Å². The summed E-state index contributed by atoms with van der Waals surface area (Å²) in [5.41, 5.74) is 1.35. The van der Waals surface area contributed by atoms with Gasteiger partial charge in [-0.25, -0.2) is 9.18 Å². The number of carbonyl (C=O) groups excluding carboxylic acids is 3. The first-order valence-corrected chi connectivity index (χ1v) is 9.13. The maximum absolute atomic E-state index is 13.2. The maximum Gasteiger partial charge on any atom is 0.502 e. The zero-order valence-electron chi connectivity index (χ0n) is 15.7. The first kappa shape index (κ1) is 18.7. The summed E-state index contributed by atoms with van der Waals surface area (Å²) in [6.07, 6.45) is -0.750. The molecule has 2 aliphatic rings. The first-order valence-electron chi connectivity index (χ1n) is 9.13. The molecule has 1 saturated heterocycles. The highest BCUT2D eigenvalue weighted by Crippen LogP contribution is 2.27. The zero-order chi connectivity index (χ0) is 20.5. The molecule has 0 aliphatic carbocycles. The summed E-state index contributed by atoms with van der Waals surface area (Å²) in [6, 6.07) is 14.8. The van der Waals surface area contributed by atoms with Gasteiger partial charge in [0.15, 0.2) is 0 Å². The van der Waals surface area contributed by atoms with Gasteiger partial charge < -0.3 is 9.80 Å². The molecular weight excluding hydrogens is 377 g/mol. The molecule has 0 spiro atoms. The van der Waals surface area contributed by atoms with Crippen molar-refractivity contribution in [2.45, 2.75) is 6.29 Å². The smallest absolute Gasteiger partial charge is 0.326 e. The van der Waals surface area contributed by atoms with Gasteiger partial charge in [0.2, 0.25) is 0 Å². The first-order chi connectivity index (χ1) is 14.0. The minimum atomic E-state index is -0.836. The Balaban J connectivity index is 1.58. The minimum absolute atomic E-state index is 0.321. The highest BCUT2D eigenvalue weighted by molar-refractivity contribution is 6.32. The van der Waals surface area contributed by atoms with Crippen LogP contribution in [0.3, 0.4) is 0 Å². The van der Waals surface area contributed by atoms with Crippen LogP contribution in [0, 0.1) is 5.82 Å². The number of benzene rings is 2. The Kier molecular flexibility index (Phi) is 4.79. The zero-order valence-corrected chi connectivity index (χ0v) is 15.7. The predicted octanol–water partition coefficient (Wildman–Crippen LogP) is 1.43. The van der Waals surface area contributed by atoms with E-state index in [2.05, 4.69) is 5.11 Å². The van der Waals surface area contributed by atoms with Crippen molar-refractivity contribution in [3.63, 3.8) is 0 Å². The van der Waals surface area contributed by atoms with Crippen LogP contribution >= 0.6 is 0 Å². The van der Waals surface area contributed by atoms with Crippen molar-refractivity contribution in [3.8, 4) is 0 Å². The van der Waals surface area contributed by atoms with Crippen LogP contribution in [-0.4, -0.2) is 60.3 Å². The van der Waals surface area contributed by atoms with E-state index in [1.165, 1.54) is 21.9 Å². The van der Waals surface area contributed by atoms with Crippen molar-refractivity contribution in [2.75, 3.05) is 36.5 Å². The van der Waals surface area contributed by atoms with E-state index < -0.39 is 18.1 Å². The van der Waals surface area contributed by atoms with Crippen molar-refractivity contribution in [1.82, 2.24) is 4.90 Å². The van der Waals surface area contributed by atoms with Crippen LogP contribution < -0.4 is 9.80 Å². The van der Waals surface area contributed by atoms with Crippen LogP contribution in [0.2, 0.25) is 0 Å². The van der Waals surface area contributed by atoms with E-state index in [0.29, 0.717) is 24.5 Å². The third-order valence-corrected chi connectivity index (χ3v) is 5.02. The highest BCUT2D eigenvalue weighted by Gasteiger charge is 2.49. The van der Waals surface area contributed by atoms with Gasteiger partial charge in [0, 0.05) is 36.6 Å². The number of nitrogens with zero attached hydrogens (tertiary/aromatic N) is 5. The van der Waals surface area contributed by atoms with Gasteiger partial charge >= 0.3 is 11.8 Å². The Morgan fingerprint density at radius 2 is 1.76 bits per heavy atom. The van der Waals surface area contributed by atoms with Gasteiger partial charge in [-0.05, 0) is 41.1 Å². The third-order valence-electron chi connectivity index (χ3n) is 5.02. The number of fused-ring (bicyclic) bond motifs is 1. The van der Waals surface area contributed by atoms with E-state index in [1.807, 2.05) is 6.07 Å². The molecule has 4 rings (SSSR count). The van der Waals surface area contributed by atoms with E-state index in [9.17, 15) is 18.8 Å². The fourth-order valence-electron chi connectivity index (χ4n) is 3.39. The predicted molar refractivity (Wildman–Crippen MR) is 102 cm³/mol. The Hall–Kier alpha value is -3.62. The van der Waals surface area contributed by atoms with Gasteiger partial charge in [0.05, 0.1) is 0 Å². The normalized spacial score (nSPS) is 18.6. The standard InChI is InChI=1S/C20H19FN5O3/c1-23(15-5-3-2-4-6-15)17(27)13-26-19(29)18(28)25-12-11-24(20(25)22-26)16-9-7-14(21)8-10-16/h2-10,20H,11-13H2,1H3/q+1. The number of hydrogen-bond acceptors (Lipinski definition) is 5. The lowest BCUT2D eigenvalue weighted by atomic mass is 10.3. The van der Waals surface area contributed by atoms with Gasteiger partial charge in [0.25, 0.3) is 18.7 Å². The van der Waals surface area contributed by atoms with Crippen LogP contribution in [0.1, 0.15) is 0 Å². The quantitative estimate of drug-likeness (QED) is 0.579. The van der Waals surface area contributed by atoms with Crippen molar-refractivity contribution in [2.24, 2.45) is 5.11 Å². The van der Waals surface area contributed by atoms with Gasteiger partial charge in [-0.2, -0.15) is 0 Å². The molecule has 1 atom stereocenters. The number of hydrogen-bond donors (Lipinski definition) is 0. The monoisotopic (exact) mass is 396 g/mol. The molecule has 148 valence electrons. The lowest BCUT2D eigenvalue weighted by Gasteiger charge is -2.27. The van der Waals surface area contributed by atoms with Gasteiger partial charge in [-0.3, -0.25) is 14.5 Å². The fourth-order valence-corrected chi connectivity index (χ4v) is 3.39. The average molecular weight is 396 g/mol. The molecule has 0 saturated carbocycles. The van der Waals surface area contributed by atoms with Crippen molar-refractivity contribution in [1.29, 1.82) is 0 Å². The number of halogens is 1. The molecule has 0 N–H and O–H groups in total. The Morgan fingerprint density at radius 3 is 2.45 bits per heavy atom. The van der Waals surface area contributed by atoms with Crippen molar-refractivity contribution in [3.05, 3.63) is 60.4 Å². The lowest BCUT2D eigenvalue weighted by Crippen LogP contribution is -2.53. The second-order valence-electron chi connectivity index (χ2n) is 6.78. The summed E-state index contributed by atoms with van der Waals surface area (Å²) in [4.78, 5) is 42.2. The summed E-state index contributed by atoms with van der Waals surface area (Å²) in [5, 5.41) is 4.35. The fraction of sp³-hybridized carbons (Fsp3) is 0.250. The van der Waals surface area contributed by atoms with Crippen LogP contribution in [0.15, 0.2) is 59.7 Å². The number of amides is 3. The molecule has 2 aromatic carbocycles. The van der Waals surface area contributed by atoms with Crippen molar-refractivity contribution >= 4 is 29.1 Å². The molecule has 0 aromatic heterocycles. The Bertz CT molecular complexity index is 993. The summed E-state index contributed by atoms with van der Waals surface area (Å²) < 4.78 is 14.2. The number of likely N-dealkylation sites (N-methyl/N-ethyl adjacent to an activating group) is 1. The lowest BCUT2D eigenvalue weighted by molar-refractivity contribution is -0.509. The largest absolute Gasteiger partial charge is 0.502 e. The van der Waals surface area contributed by atoms with Gasteiger partial charge in [0.1, 0.15) is 5.82 Å². The summed E-state index contributed by atoms with van der Waals surface area (Å²) in [7, 11) is 1.60. The SMILES string of the molecule is CN(C(=O)C[N+]1=NC2N(CCN2c2ccc(F)cc2)C(=O)C1=O)c1ccccc1. The van der Waals surface area contributed by atoms with Gasteiger partial charge in [-0.15, -0.1) is 0 Å². The summed E-state index contributed by atoms with van der Waals surface area (Å²) in [5.74, 6) is -2.28. The molecular formula is C20H19FN5O3+. The molecule has 2 aromatic rings. The topological polar surface area (TPSA) is 76.3 Å². The maximum atomic E-state index is 13.2.